The standard InChI is InChI=1S/C17H14N4O2/c18-9-12-13-7-4-8-20(13)16-15(12)19-14(22)10-21(17(16)23)11-5-2-1-3-6-11/h1-3,5-6H,4,7-8,10H2,(H,19,22). The predicted octanol–water partition coefficient (Wildman–Crippen LogP) is 1.90. The molecule has 0 atom stereocenters. The number of fused-ring (bicyclic) bond motifs is 3. The van der Waals surface area contributed by atoms with E-state index in [2.05, 4.69) is 11.4 Å². The van der Waals surface area contributed by atoms with Gasteiger partial charge < -0.3 is 9.88 Å². The Kier molecular flexibility index (Phi) is 2.95. The number of benzene rings is 1. The van der Waals surface area contributed by atoms with Gasteiger partial charge in [-0.3, -0.25) is 14.5 Å². The van der Waals surface area contributed by atoms with Crippen LogP contribution in [0.25, 0.3) is 0 Å². The molecule has 3 heterocycles. The quantitative estimate of drug-likeness (QED) is 0.874. The number of nitriles is 1. The van der Waals surface area contributed by atoms with Gasteiger partial charge in [0.15, 0.2) is 0 Å². The molecule has 0 radical (unpaired) electrons. The van der Waals surface area contributed by atoms with Gasteiger partial charge >= 0.3 is 0 Å². The second-order valence-electron chi connectivity index (χ2n) is 5.69. The number of carbonyl (C=O) groups is 2. The largest absolute Gasteiger partial charge is 0.337 e. The number of hydrogen-bond donors (Lipinski definition) is 1. The van der Waals surface area contributed by atoms with Gasteiger partial charge in [0.1, 0.15) is 18.3 Å². The van der Waals surface area contributed by atoms with Gasteiger partial charge in [-0.25, -0.2) is 0 Å². The van der Waals surface area contributed by atoms with Crippen molar-refractivity contribution >= 4 is 23.2 Å². The Hall–Kier alpha value is -3.07. The van der Waals surface area contributed by atoms with Crippen LogP contribution in [0, 0.1) is 11.3 Å². The SMILES string of the molecule is N#Cc1c2c(n3c1CCC3)C(=O)N(c1ccccc1)CC(=O)N2. The fraction of sp³-hybridized carbons (Fsp3) is 0.235. The molecule has 114 valence electrons. The summed E-state index contributed by atoms with van der Waals surface area (Å²) in [5, 5.41) is 12.2. The van der Waals surface area contributed by atoms with E-state index in [1.165, 1.54) is 4.90 Å². The molecule has 6 nitrogen and oxygen atoms in total. The Morgan fingerprint density at radius 2 is 1.96 bits per heavy atom. The molecular weight excluding hydrogens is 292 g/mol. The van der Waals surface area contributed by atoms with E-state index in [-0.39, 0.29) is 18.4 Å². The first-order valence-corrected chi connectivity index (χ1v) is 7.53. The summed E-state index contributed by atoms with van der Waals surface area (Å²) in [5.74, 6) is -0.532. The van der Waals surface area contributed by atoms with E-state index in [9.17, 15) is 14.9 Å². The molecule has 0 aliphatic carbocycles. The molecular formula is C17H14N4O2. The third kappa shape index (κ3) is 1.94. The summed E-state index contributed by atoms with van der Waals surface area (Å²) in [5.41, 5.74) is 2.74. The highest BCUT2D eigenvalue weighted by atomic mass is 16.2. The maximum Gasteiger partial charge on any atom is 0.277 e. The molecule has 2 aliphatic rings. The average Bonchev–Trinajstić information content (AvgIpc) is 3.09. The Balaban J connectivity index is 1.91. The molecule has 6 heteroatoms. The zero-order valence-electron chi connectivity index (χ0n) is 12.4. The van der Waals surface area contributed by atoms with E-state index in [1.807, 2.05) is 22.8 Å². The highest BCUT2D eigenvalue weighted by Gasteiger charge is 2.36. The zero-order valence-corrected chi connectivity index (χ0v) is 12.4. The summed E-state index contributed by atoms with van der Waals surface area (Å²) >= 11 is 0. The second-order valence-corrected chi connectivity index (χ2v) is 5.69. The fourth-order valence-corrected chi connectivity index (χ4v) is 3.38. The van der Waals surface area contributed by atoms with E-state index in [4.69, 9.17) is 0 Å². The first kappa shape index (κ1) is 13.6. The lowest BCUT2D eigenvalue weighted by molar-refractivity contribution is -0.114. The van der Waals surface area contributed by atoms with Crippen molar-refractivity contribution in [2.75, 3.05) is 16.8 Å². The number of nitrogens with one attached hydrogen (secondary N) is 1. The van der Waals surface area contributed by atoms with Crippen LogP contribution in [-0.4, -0.2) is 22.9 Å². The molecule has 0 saturated heterocycles. The smallest absolute Gasteiger partial charge is 0.277 e. The van der Waals surface area contributed by atoms with Crippen LogP contribution in [0.15, 0.2) is 30.3 Å². The first-order chi connectivity index (χ1) is 11.2. The van der Waals surface area contributed by atoms with Gasteiger partial charge in [-0.05, 0) is 25.0 Å². The summed E-state index contributed by atoms with van der Waals surface area (Å²) in [6.07, 6.45) is 1.66. The molecule has 2 aliphatic heterocycles. The summed E-state index contributed by atoms with van der Waals surface area (Å²) in [6.45, 7) is 0.640. The minimum atomic E-state index is -0.290. The van der Waals surface area contributed by atoms with Crippen LogP contribution in [0.1, 0.15) is 28.2 Å². The van der Waals surface area contributed by atoms with Crippen molar-refractivity contribution in [2.45, 2.75) is 19.4 Å². The maximum absolute atomic E-state index is 13.1. The summed E-state index contributed by atoms with van der Waals surface area (Å²) in [4.78, 5) is 26.8. The van der Waals surface area contributed by atoms with E-state index >= 15 is 0 Å². The number of hydrogen-bond acceptors (Lipinski definition) is 3. The number of amides is 2. The molecule has 2 amide bonds. The molecule has 0 unspecified atom stereocenters. The molecule has 1 N–H and O–H groups in total. The Morgan fingerprint density at radius 1 is 1.17 bits per heavy atom. The molecule has 0 fully saturated rings. The Labute approximate surface area is 132 Å². The number of rotatable bonds is 1. The molecule has 0 bridgehead atoms. The monoisotopic (exact) mass is 306 g/mol. The zero-order chi connectivity index (χ0) is 16.0. The third-order valence-electron chi connectivity index (χ3n) is 4.36. The van der Waals surface area contributed by atoms with Crippen LogP contribution in [0.5, 0.6) is 0 Å². The minimum Gasteiger partial charge on any atom is -0.337 e. The van der Waals surface area contributed by atoms with Gasteiger partial charge in [0.25, 0.3) is 5.91 Å². The van der Waals surface area contributed by atoms with Gasteiger partial charge in [0, 0.05) is 17.9 Å². The van der Waals surface area contributed by atoms with Crippen molar-refractivity contribution in [3.63, 3.8) is 0 Å². The van der Waals surface area contributed by atoms with Crippen LogP contribution >= 0.6 is 0 Å². The second kappa shape index (κ2) is 4.99. The van der Waals surface area contributed by atoms with E-state index in [0.717, 1.165) is 18.5 Å². The Bertz CT molecular complexity index is 861. The molecule has 23 heavy (non-hydrogen) atoms. The first-order valence-electron chi connectivity index (χ1n) is 7.53. The van der Waals surface area contributed by atoms with Gasteiger partial charge in [-0.2, -0.15) is 5.26 Å². The highest BCUT2D eigenvalue weighted by molar-refractivity contribution is 6.17. The van der Waals surface area contributed by atoms with Crippen molar-refractivity contribution in [1.82, 2.24) is 4.57 Å². The molecule has 1 aromatic carbocycles. The lowest BCUT2D eigenvalue weighted by Crippen LogP contribution is -2.36. The maximum atomic E-state index is 13.1. The number of para-hydroxylation sites is 1. The van der Waals surface area contributed by atoms with Crippen molar-refractivity contribution in [3.8, 4) is 6.07 Å². The van der Waals surface area contributed by atoms with Crippen LogP contribution in [0.3, 0.4) is 0 Å². The Morgan fingerprint density at radius 3 is 2.70 bits per heavy atom. The van der Waals surface area contributed by atoms with Crippen LogP contribution in [0.2, 0.25) is 0 Å². The number of nitrogens with zero attached hydrogens (tertiary/aromatic N) is 3. The van der Waals surface area contributed by atoms with Crippen molar-refractivity contribution < 1.29 is 9.59 Å². The predicted molar refractivity (Wildman–Crippen MR) is 84.2 cm³/mol. The minimum absolute atomic E-state index is 0.0578. The van der Waals surface area contributed by atoms with Gasteiger partial charge in [-0.15, -0.1) is 0 Å². The lowest BCUT2D eigenvalue weighted by atomic mass is 10.1. The number of carbonyl (C=O) groups excluding carboxylic acids is 2. The topological polar surface area (TPSA) is 78.1 Å². The molecule has 0 spiro atoms. The lowest BCUT2D eigenvalue weighted by Gasteiger charge is -2.20. The number of anilines is 2. The van der Waals surface area contributed by atoms with Gasteiger partial charge in [-0.1, -0.05) is 18.2 Å². The van der Waals surface area contributed by atoms with Crippen molar-refractivity contribution in [3.05, 3.63) is 47.3 Å². The van der Waals surface area contributed by atoms with E-state index < -0.39 is 0 Å². The van der Waals surface area contributed by atoms with Gasteiger partial charge in [0.2, 0.25) is 5.91 Å². The average molecular weight is 306 g/mol. The highest BCUT2D eigenvalue weighted by Crippen LogP contribution is 2.35. The van der Waals surface area contributed by atoms with E-state index in [1.54, 1.807) is 12.1 Å². The molecule has 0 saturated carbocycles. The fourth-order valence-electron chi connectivity index (χ4n) is 3.38. The summed E-state index contributed by atoms with van der Waals surface area (Å²) < 4.78 is 1.89. The van der Waals surface area contributed by atoms with Crippen molar-refractivity contribution in [1.29, 1.82) is 5.26 Å². The van der Waals surface area contributed by atoms with Crippen LogP contribution < -0.4 is 10.2 Å². The normalized spacial score (nSPS) is 16.4. The van der Waals surface area contributed by atoms with Crippen LogP contribution in [0.4, 0.5) is 11.4 Å². The summed E-state index contributed by atoms with van der Waals surface area (Å²) in [6, 6.07) is 11.3. The van der Waals surface area contributed by atoms with E-state index in [0.29, 0.717) is 29.2 Å². The van der Waals surface area contributed by atoms with Crippen LogP contribution in [-0.2, 0) is 17.8 Å². The van der Waals surface area contributed by atoms with Crippen molar-refractivity contribution in [2.24, 2.45) is 0 Å². The van der Waals surface area contributed by atoms with Gasteiger partial charge in [0.05, 0.1) is 11.3 Å². The summed E-state index contributed by atoms with van der Waals surface area (Å²) in [7, 11) is 0. The molecule has 2 aromatic rings. The molecule has 1 aromatic heterocycles. The number of aromatic nitrogens is 1. The molecule has 4 rings (SSSR count). The third-order valence-corrected chi connectivity index (χ3v) is 4.36.